The summed E-state index contributed by atoms with van der Waals surface area (Å²) in [6.07, 6.45) is 7.37. The molecule has 8 heteroatoms. The Hall–Kier alpha value is -9.66. The van der Waals surface area contributed by atoms with E-state index in [2.05, 4.69) is 212 Å². The minimum Gasteiger partial charge on any atom is -0.306 e. The van der Waals surface area contributed by atoms with Crippen LogP contribution >= 0.6 is 0 Å². The van der Waals surface area contributed by atoms with Crippen LogP contribution < -0.4 is 0 Å². The van der Waals surface area contributed by atoms with E-state index in [1.54, 1.807) is 0 Å². The molecular formula is C62H38N8. The van der Waals surface area contributed by atoms with Crippen molar-refractivity contribution in [2.45, 2.75) is 0 Å². The molecule has 0 amide bonds. The molecule has 0 spiro atoms. The maximum atomic E-state index is 5.25. The highest BCUT2D eigenvalue weighted by Crippen LogP contribution is 2.53. The molecule has 0 aliphatic carbocycles. The lowest BCUT2D eigenvalue weighted by Gasteiger charge is -2.30. The number of fused-ring (bicyclic) bond motifs is 12. The van der Waals surface area contributed by atoms with E-state index in [0.717, 1.165) is 121 Å². The quantitative estimate of drug-likeness (QED) is 0.167. The molecule has 15 rings (SSSR count). The summed E-state index contributed by atoms with van der Waals surface area (Å²) in [7, 11) is 0. The van der Waals surface area contributed by atoms with E-state index in [-0.39, 0.29) is 0 Å². The molecule has 6 heterocycles. The highest BCUT2D eigenvalue weighted by Gasteiger charge is 2.36. The van der Waals surface area contributed by atoms with Gasteiger partial charge in [-0.05, 0) is 60.7 Å². The molecule has 0 fully saturated rings. The van der Waals surface area contributed by atoms with Crippen molar-refractivity contribution in [3.63, 3.8) is 0 Å². The van der Waals surface area contributed by atoms with Gasteiger partial charge in [-0.3, -0.25) is 0 Å². The second-order valence-electron chi connectivity index (χ2n) is 17.8. The minimum atomic E-state index is 0.541. The Balaban J connectivity index is 1.36. The minimum absolute atomic E-state index is 0.541. The van der Waals surface area contributed by atoms with Gasteiger partial charge in [0.1, 0.15) is 0 Å². The molecule has 0 N–H and O–H groups in total. The molecule has 0 aliphatic heterocycles. The molecule has 0 saturated heterocycles. The molecule has 0 saturated carbocycles. The fraction of sp³-hybridized carbons (Fsp3) is 0. The lowest BCUT2D eigenvalue weighted by atomic mass is 9.95. The van der Waals surface area contributed by atoms with Crippen LogP contribution in [0.15, 0.2) is 231 Å². The van der Waals surface area contributed by atoms with Crippen molar-refractivity contribution in [1.29, 1.82) is 0 Å². The van der Waals surface area contributed by atoms with E-state index in [0.29, 0.717) is 11.6 Å². The van der Waals surface area contributed by atoms with Gasteiger partial charge >= 0.3 is 0 Å². The molecular weight excluding hydrogens is 857 g/mol. The molecule has 9 aromatic carbocycles. The Labute approximate surface area is 400 Å². The predicted octanol–water partition coefficient (Wildman–Crippen LogP) is 15.0. The Morgan fingerprint density at radius 2 is 0.386 bits per heavy atom. The van der Waals surface area contributed by atoms with Crippen molar-refractivity contribution in [2.24, 2.45) is 0 Å². The van der Waals surface area contributed by atoms with Crippen LogP contribution in [-0.4, -0.2) is 38.2 Å². The Morgan fingerprint density at radius 3 is 0.600 bits per heavy atom. The van der Waals surface area contributed by atoms with Crippen LogP contribution in [0.25, 0.3) is 133 Å². The first-order chi connectivity index (χ1) is 34.8. The fourth-order valence-corrected chi connectivity index (χ4v) is 11.5. The number of nitrogens with zero attached hydrogens (tertiary/aromatic N) is 8. The Morgan fingerprint density at radius 1 is 0.200 bits per heavy atom. The van der Waals surface area contributed by atoms with Gasteiger partial charge in [-0.25, -0.2) is 19.9 Å². The summed E-state index contributed by atoms with van der Waals surface area (Å²) in [6, 6.07) is 73.9. The average molecular weight is 895 g/mol. The van der Waals surface area contributed by atoms with Crippen LogP contribution in [0.5, 0.6) is 0 Å². The average Bonchev–Trinajstić information content (AvgIpc) is 4.16. The summed E-state index contributed by atoms with van der Waals surface area (Å²) in [5, 5.41) is 9.11. The normalized spacial score (nSPS) is 12.0. The van der Waals surface area contributed by atoms with Crippen LogP contribution in [0.2, 0.25) is 0 Å². The second kappa shape index (κ2) is 14.9. The van der Waals surface area contributed by atoms with Gasteiger partial charge in [0.2, 0.25) is 0 Å². The predicted molar refractivity (Wildman–Crippen MR) is 286 cm³/mol. The Kier molecular flexibility index (Phi) is 8.20. The zero-order chi connectivity index (χ0) is 45.9. The standard InChI is InChI=1S/C62H38N8/c1-9-27-47-39(19-1)40-20-2-10-28-48(40)67(47)57-55(61-63-35-17-36-64-61)56(62-65-37-18-38-66-62)58(68-49-29-11-3-21-41(49)42-22-4-12-30-50(42)68)60(70-53-33-15-7-25-45(53)46-26-8-16-34-54(46)70)59(57)69-51-31-13-5-23-43(51)44-24-6-14-32-52(44)69/h1-38H. The summed E-state index contributed by atoms with van der Waals surface area (Å²) in [5.41, 5.74) is 13.6. The smallest absolute Gasteiger partial charge is 0.162 e. The molecule has 0 atom stereocenters. The van der Waals surface area contributed by atoms with Gasteiger partial charge in [-0.1, -0.05) is 146 Å². The molecule has 0 radical (unpaired) electrons. The zero-order valence-corrected chi connectivity index (χ0v) is 37.5. The lowest BCUT2D eigenvalue weighted by molar-refractivity contribution is 1.01. The summed E-state index contributed by atoms with van der Waals surface area (Å²) in [6.45, 7) is 0. The molecule has 6 aromatic heterocycles. The van der Waals surface area contributed by atoms with E-state index < -0.39 is 0 Å². The van der Waals surface area contributed by atoms with Gasteiger partial charge in [0.15, 0.2) is 11.6 Å². The van der Waals surface area contributed by atoms with E-state index in [4.69, 9.17) is 19.9 Å². The number of hydrogen-bond acceptors (Lipinski definition) is 4. The first-order valence-corrected chi connectivity index (χ1v) is 23.6. The SMILES string of the molecule is c1cnc(-c2c(-c3ncccn3)c(-n3c4ccccc4c4ccccc43)c(-n3c4ccccc4c4ccccc43)c(-n3c4ccccc4c4ccccc43)c2-n2c3ccccc3c3ccccc32)nc1. The van der Waals surface area contributed by atoms with Gasteiger partial charge in [0.25, 0.3) is 0 Å². The second-order valence-corrected chi connectivity index (χ2v) is 17.8. The van der Waals surface area contributed by atoms with Gasteiger partial charge in [-0.2, -0.15) is 0 Å². The van der Waals surface area contributed by atoms with E-state index in [1.807, 2.05) is 36.9 Å². The topological polar surface area (TPSA) is 71.3 Å². The third-order valence-electron chi connectivity index (χ3n) is 14.2. The van der Waals surface area contributed by atoms with Crippen LogP contribution in [0.4, 0.5) is 0 Å². The molecule has 0 bridgehead atoms. The summed E-state index contributed by atoms with van der Waals surface area (Å²) in [4.78, 5) is 21.0. The van der Waals surface area contributed by atoms with Gasteiger partial charge < -0.3 is 18.3 Å². The largest absolute Gasteiger partial charge is 0.306 e. The first kappa shape index (κ1) is 38.4. The number of para-hydroxylation sites is 8. The molecule has 8 nitrogen and oxygen atoms in total. The lowest BCUT2D eigenvalue weighted by Crippen LogP contribution is -2.17. The fourth-order valence-electron chi connectivity index (χ4n) is 11.5. The van der Waals surface area contributed by atoms with E-state index in [1.165, 1.54) is 0 Å². The monoisotopic (exact) mass is 894 g/mol. The molecule has 326 valence electrons. The molecule has 0 aliphatic rings. The van der Waals surface area contributed by atoms with Crippen LogP contribution in [0, 0.1) is 0 Å². The van der Waals surface area contributed by atoms with Crippen LogP contribution in [0.3, 0.4) is 0 Å². The van der Waals surface area contributed by atoms with Crippen molar-refractivity contribution < 1.29 is 0 Å². The van der Waals surface area contributed by atoms with Crippen LogP contribution in [-0.2, 0) is 0 Å². The summed E-state index contributed by atoms with van der Waals surface area (Å²) < 4.78 is 9.91. The summed E-state index contributed by atoms with van der Waals surface area (Å²) >= 11 is 0. The van der Waals surface area contributed by atoms with E-state index >= 15 is 0 Å². The molecule has 0 unspecified atom stereocenters. The molecule has 15 aromatic rings. The van der Waals surface area contributed by atoms with Crippen LogP contribution in [0.1, 0.15) is 0 Å². The highest BCUT2D eigenvalue weighted by molar-refractivity contribution is 6.18. The van der Waals surface area contributed by atoms with Crippen molar-refractivity contribution in [3.8, 4) is 45.5 Å². The highest BCUT2D eigenvalue weighted by atomic mass is 15.2. The number of benzene rings is 9. The first-order valence-electron chi connectivity index (χ1n) is 23.6. The summed E-state index contributed by atoms with van der Waals surface area (Å²) in [5.74, 6) is 1.08. The third-order valence-corrected chi connectivity index (χ3v) is 14.2. The third kappa shape index (κ3) is 5.29. The van der Waals surface area contributed by atoms with Gasteiger partial charge in [0, 0.05) is 67.9 Å². The van der Waals surface area contributed by atoms with Crippen molar-refractivity contribution in [2.75, 3.05) is 0 Å². The number of hydrogen-bond donors (Lipinski definition) is 0. The number of aromatic nitrogens is 8. The Bertz CT molecular complexity index is 4090. The molecule has 70 heavy (non-hydrogen) atoms. The van der Waals surface area contributed by atoms with E-state index in [9.17, 15) is 0 Å². The van der Waals surface area contributed by atoms with Gasteiger partial charge in [0.05, 0.1) is 78.0 Å². The van der Waals surface area contributed by atoms with Gasteiger partial charge in [-0.15, -0.1) is 0 Å². The maximum Gasteiger partial charge on any atom is 0.162 e. The van der Waals surface area contributed by atoms with Crippen molar-refractivity contribution in [1.82, 2.24) is 38.2 Å². The maximum absolute atomic E-state index is 5.25. The van der Waals surface area contributed by atoms with Crippen molar-refractivity contribution >= 4 is 87.2 Å². The zero-order valence-electron chi connectivity index (χ0n) is 37.5. The van der Waals surface area contributed by atoms with Crippen molar-refractivity contribution in [3.05, 3.63) is 231 Å². The number of rotatable bonds is 6.